The van der Waals surface area contributed by atoms with E-state index in [9.17, 15) is 0 Å². The quantitative estimate of drug-likeness (QED) is 0.504. The molecule has 0 amide bonds. The van der Waals surface area contributed by atoms with Crippen molar-refractivity contribution in [3.05, 3.63) is 42.6 Å². The summed E-state index contributed by atoms with van der Waals surface area (Å²) in [6.07, 6.45) is 7.74. The van der Waals surface area contributed by atoms with Crippen molar-refractivity contribution >= 4 is 11.5 Å². The molecular formula is C17H16N6. The fourth-order valence-electron chi connectivity index (χ4n) is 3.40. The second-order valence-corrected chi connectivity index (χ2v) is 5.94. The Hall–Kier alpha value is -2.73. The van der Waals surface area contributed by atoms with Crippen LogP contribution >= 0.6 is 0 Å². The molecule has 3 N–H and O–H groups in total. The number of rotatable bonds is 1. The van der Waals surface area contributed by atoms with Crippen molar-refractivity contribution in [3.8, 4) is 22.5 Å². The number of hydrogen-bond acceptors (Lipinski definition) is 5. The van der Waals surface area contributed by atoms with E-state index in [0.717, 1.165) is 52.8 Å². The highest BCUT2D eigenvalue weighted by Crippen LogP contribution is 2.42. The lowest BCUT2D eigenvalue weighted by molar-refractivity contribution is 0.613. The molecule has 0 radical (unpaired) electrons. The van der Waals surface area contributed by atoms with E-state index in [1.54, 1.807) is 6.20 Å². The number of aromatic nitrogens is 4. The Labute approximate surface area is 133 Å². The fourth-order valence-corrected chi connectivity index (χ4v) is 3.40. The van der Waals surface area contributed by atoms with Gasteiger partial charge in [-0.3, -0.25) is 4.98 Å². The second kappa shape index (κ2) is 4.89. The molecule has 6 nitrogen and oxygen atoms in total. The zero-order valence-corrected chi connectivity index (χ0v) is 12.5. The lowest BCUT2D eigenvalue weighted by Gasteiger charge is -2.09. The Morgan fingerprint density at radius 2 is 2.13 bits per heavy atom. The van der Waals surface area contributed by atoms with Crippen molar-refractivity contribution in [1.82, 2.24) is 25.3 Å². The number of hydrogen-bond donors (Lipinski definition) is 3. The minimum atomic E-state index is 0.306. The number of nitrogens with one attached hydrogen (secondary N) is 3. The van der Waals surface area contributed by atoms with Crippen molar-refractivity contribution in [2.45, 2.75) is 18.9 Å². The molecule has 3 aromatic heterocycles. The molecule has 0 aliphatic carbocycles. The van der Waals surface area contributed by atoms with Gasteiger partial charge in [0.05, 0.1) is 23.6 Å². The highest BCUT2D eigenvalue weighted by Gasteiger charge is 2.27. The predicted molar refractivity (Wildman–Crippen MR) is 88.3 cm³/mol. The molecule has 1 saturated heterocycles. The Bertz CT molecular complexity index is 815. The van der Waals surface area contributed by atoms with Crippen LogP contribution in [0.5, 0.6) is 0 Å². The maximum Gasteiger partial charge on any atom is 0.139 e. The molecule has 114 valence electrons. The topological polar surface area (TPSA) is 78.5 Å². The van der Waals surface area contributed by atoms with Crippen molar-refractivity contribution < 1.29 is 0 Å². The number of aromatic amines is 1. The molecule has 0 aromatic carbocycles. The van der Waals surface area contributed by atoms with Crippen LogP contribution in [0.25, 0.3) is 22.5 Å². The molecule has 0 spiro atoms. The molecule has 0 saturated carbocycles. The number of imidazole rings is 1. The molecule has 2 aliphatic rings. The molecule has 1 fully saturated rings. The number of anilines is 2. The summed E-state index contributed by atoms with van der Waals surface area (Å²) in [7, 11) is 0. The van der Waals surface area contributed by atoms with Gasteiger partial charge in [0.15, 0.2) is 0 Å². The normalized spacial score (nSPS) is 18.5. The number of H-pyrrole nitrogens is 1. The van der Waals surface area contributed by atoms with Gasteiger partial charge in [0.2, 0.25) is 0 Å². The molecular weight excluding hydrogens is 288 g/mol. The second-order valence-electron chi connectivity index (χ2n) is 5.94. The Balaban J connectivity index is 1.77. The van der Waals surface area contributed by atoms with Gasteiger partial charge in [-0.15, -0.1) is 0 Å². The predicted octanol–water partition coefficient (Wildman–Crippen LogP) is 3.02. The zero-order chi connectivity index (χ0) is 15.2. The van der Waals surface area contributed by atoms with E-state index >= 15 is 0 Å². The van der Waals surface area contributed by atoms with Crippen LogP contribution in [0.2, 0.25) is 0 Å². The van der Waals surface area contributed by atoms with E-state index < -0.39 is 0 Å². The van der Waals surface area contributed by atoms with Crippen LogP contribution in [-0.4, -0.2) is 26.5 Å². The lowest BCUT2D eigenvalue weighted by Crippen LogP contribution is -2.14. The Morgan fingerprint density at radius 1 is 1.13 bits per heavy atom. The van der Waals surface area contributed by atoms with Crippen LogP contribution < -0.4 is 10.6 Å². The van der Waals surface area contributed by atoms with E-state index in [2.05, 4.69) is 31.7 Å². The molecule has 6 heteroatoms. The molecule has 3 aromatic rings. The molecule has 1 unspecified atom stereocenters. The van der Waals surface area contributed by atoms with E-state index in [1.165, 1.54) is 6.42 Å². The van der Waals surface area contributed by atoms with Crippen LogP contribution in [0.3, 0.4) is 0 Å². The van der Waals surface area contributed by atoms with Gasteiger partial charge in [0.25, 0.3) is 0 Å². The van der Waals surface area contributed by atoms with Gasteiger partial charge in [0, 0.05) is 23.5 Å². The molecule has 0 bridgehead atoms. The van der Waals surface area contributed by atoms with Gasteiger partial charge >= 0.3 is 0 Å². The number of nitrogens with zero attached hydrogens (tertiary/aromatic N) is 3. The number of pyridine rings is 2. The third kappa shape index (κ3) is 1.95. The molecule has 5 heterocycles. The van der Waals surface area contributed by atoms with Crippen molar-refractivity contribution in [2.24, 2.45) is 0 Å². The van der Waals surface area contributed by atoms with Gasteiger partial charge in [-0.1, -0.05) is 0 Å². The summed E-state index contributed by atoms with van der Waals surface area (Å²) in [6.45, 7) is 1.05. The van der Waals surface area contributed by atoms with Gasteiger partial charge in [-0.25, -0.2) is 9.97 Å². The van der Waals surface area contributed by atoms with Crippen LogP contribution in [0.1, 0.15) is 24.7 Å². The minimum Gasteiger partial charge on any atom is -0.340 e. The standard InChI is InChI=1S/C17H16N6/c1-3-11-15-14(22-17(23-15)12-4-2-6-19-12)10-5-8-18-9-13(10)21-16(11)20-7-1/h1,3,5,7-9,12,19H,2,4,6H2,(H,20,21)(H,22,23). The first-order valence-electron chi connectivity index (χ1n) is 7.90. The third-order valence-electron chi connectivity index (χ3n) is 4.52. The van der Waals surface area contributed by atoms with Gasteiger partial charge in [0.1, 0.15) is 17.3 Å². The van der Waals surface area contributed by atoms with Crippen LogP contribution in [0, 0.1) is 0 Å². The summed E-state index contributed by atoms with van der Waals surface area (Å²) in [4.78, 5) is 17.2. The minimum absolute atomic E-state index is 0.306. The number of fused-ring (bicyclic) bond motifs is 5. The Morgan fingerprint density at radius 3 is 3.04 bits per heavy atom. The SMILES string of the molecule is c1cnc2c(c1)-c1nc(C3CCCN3)[nH]c1-c1ccncc1N2. The maximum absolute atomic E-state index is 4.91. The fraction of sp³-hybridized carbons (Fsp3) is 0.235. The van der Waals surface area contributed by atoms with Gasteiger partial charge < -0.3 is 15.6 Å². The molecule has 23 heavy (non-hydrogen) atoms. The Kier molecular flexibility index (Phi) is 2.72. The third-order valence-corrected chi connectivity index (χ3v) is 4.52. The van der Waals surface area contributed by atoms with Gasteiger partial charge in [-0.2, -0.15) is 0 Å². The largest absolute Gasteiger partial charge is 0.340 e. The summed E-state index contributed by atoms with van der Waals surface area (Å²) in [5, 5.41) is 6.88. The first-order valence-corrected chi connectivity index (χ1v) is 7.90. The van der Waals surface area contributed by atoms with Crippen LogP contribution in [0.15, 0.2) is 36.8 Å². The first-order chi connectivity index (χ1) is 11.4. The molecule has 2 aliphatic heterocycles. The summed E-state index contributed by atoms with van der Waals surface area (Å²) in [5.74, 6) is 1.82. The lowest BCUT2D eigenvalue weighted by atomic mass is 10.1. The van der Waals surface area contributed by atoms with Gasteiger partial charge in [-0.05, 0) is 37.6 Å². The smallest absolute Gasteiger partial charge is 0.139 e. The maximum atomic E-state index is 4.91. The van der Waals surface area contributed by atoms with E-state index in [-0.39, 0.29) is 0 Å². The average Bonchev–Trinajstić information content (AvgIpc) is 3.23. The summed E-state index contributed by atoms with van der Waals surface area (Å²) < 4.78 is 0. The summed E-state index contributed by atoms with van der Waals surface area (Å²) >= 11 is 0. The monoisotopic (exact) mass is 304 g/mol. The first kappa shape index (κ1) is 12.8. The van der Waals surface area contributed by atoms with E-state index in [1.807, 2.05) is 24.5 Å². The highest BCUT2D eigenvalue weighted by molar-refractivity contribution is 5.94. The van der Waals surface area contributed by atoms with Crippen LogP contribution in [-0.2, 0) is 0 Å². The zero-order valence-electron chi connectivity index (χ0n) is 12.5. The molecule has 5 rings (SSSR count). The molecule has 1 atom stereocenters. The van der Waals surface area contributed by atoms with Crippen molar-refractivity contribution in [1.29, 1.82) is 0 Å². The summed E-state index contributed by atoms with van der Waals surface area (Å²) in [5.41, 5.74) is 5.02. The average molecular weight is 304 g/mol. The van der Waals surface area contributed by atoms with Crippen molar-refractivity contribution in [3.63, 3.8) is 0 Å². The van der Waals surface area contributed by atoms with E-state index in [0.29, 0.717) is 6.04 Å². The summed E-state index contributed by atoms with van der Waals surface area (Å²) in [6, 6.07) is 6.32. The highest BCUT2D eigenvalue weighted by atomic mass is 15.1. The van der Waals surface area contributed by atoms with Crippen LogP contribution in [0.4, 0.5) is 11.5 Å². The van der Waals surface area contributed by atoms with Crippen molar-refractivity contribution in [2.75, 3.05) is 11.9 Å². The van der Waals surface area contributed by atoms with E-state index in [4.69, 9.17) is 4.98 Å².